The lowest BCUT2D eigenvalue weighted by Gasteiger charge is -2.14. The second-order valence-electron chi connectivity index (χ2n) is 3.96. The Kier molecular flexibility index (Phi) is 3.98. The number of aromatic nitrogens is 1. The Morgan fingerprint density at radius 3 is 2.89 bits per heavy atom. The van der Waals surface area contributed by atoms with Crippen LogP contribution in [0.2, 0.25) is 0 Å². The molecule has 0 unspecified atom stereocenters. The van der Waals surface area contributed by atoms with Crippen molar-refractivity contribution in [2.45, 2.75) is 13.3 Å². The maximum absolute atomic E-state index is 10.9. The number of aryl methyl sites for hydroxylation is 1. The molecule has 0 saturated heterocycles. The maximum Gasteiger partial charge on any atom is 0.355 e. The van der Waals surface area contributed by atoms with Crippen LogP contribution in [0.1, 0.15) is 20.2 Å². The quantitative estimate of drug-likeness (QED) is 0.916. The summed E-state index contributed by atoms with van der Waals surface area (Å²) in [5, 5.41) is 11.8. The second-order valence-corrected chi connectivity index (χ2v) is 6.17. The van der Waals surface area contributed by atoms with E-state index >= 15 is 0 Å². The highest BCUT2D eigenvalue weighted by Crippen LogP contribution is 2.25. The minimum absolute atomic E-state index is 0.165. The Balaban J connectivity index is 2.02. The van der Waals surface area contributed by atoms with Crippen LogP contribution >= 0.6 is 22.7 Å². The molecule has 2 aromatic heterocycles. The van der Waals surface area contributed by atoms with Gasteiger partial charge in [0.15, 0.2) is 10.8 Å². The number of thiophene rings is 1. The molecule has 0 saturated carbocycles. The van der Waals surface area contributed by atoms with Gasteiger partial charge >= 0.3 is 5.97 Å². The third kappa shape index (κ3) is 2.88. The molecule has 1 N–H and O–H groups in total. The highest BCUT2D eigenvalue weighted by Gasteiger charge is 2.16. The van der Waals surface area contributed by atoms with E-state index in [2.05, 4.69) is 16.4 Å². The van der Waals surface area contributed by atoms with Crippen LogP contribution in [0.3, 0.4) is 0 Å². The summed E-state index contributed by atoms with van der Waals surface area (Å²) in [6, 6.07) is 4.14. The van der Waals surface area contributed by atoms with Crippen LogP contribution in [0.25, 0.3) is 0 Å². The Morgan fingerprint density at radius 2 is 2.33 bits per heavy atom. The van der Waals surface area contributed by atoms with Crippen LogP contribution in [0.15, 0.2) is 17.5 Å². The van der Waals surface area contributed by atoms with Crippen molar-refractivity contribution in [3.63, 3.8) is 0 Å². The average molecular weight is 282 g/mol. The molecule has 2 aromatic rings. The fourth-order valence-electron chi connectivity index (χ4n) is 1.57. The van der Waals surface area contributed by atoms with Crippen LogP contribution in [0.5, 0.6) is 0 Å². The lowest BCUT2D eigenvalue weighted by molar-refractivity contribution is 0.0690. The van der Waals surface area contributed by atoms with Crippen molar-refractivity contribution >= 4 is 33.8 Å². The number of carbonyl (C=O) groups is 1. The van der Waals surface area contributed by atoms with Crippen molar-refractivity contribution in [1.29, 1.82) is 0 Å². The van der Waals surface area contributed by atoms with Gasteiger partial charge in [0.1, 0.15) is 0 Å². The molecule has 0 aliphatic carbocycles. The summed E-state index contributed by atoms with van der Waals surface area (Å²) in [6.07, 6.45) is 0.954. The Labute approximate surface area is 114 Å². The van der Waals surface area contributed by atoms with Crippen molar-refractivity contribution in [2.24, 2.45) is 0 Å². The lowest BCUT2D eigenvalue weighted by atomic mass is 10.3. The van der Waals surface area contributed by atoms with Gasteiger partial charge in [0.25, 0.3) is 0 Å². The van der Waals surface area contributed by atoms with E-state index in [0.29, 0.717) is 0 Å². The highest BCUT2D eigenvalue weighted by molar-refractivity contribution is 7.15. The molecule has 0 radical (unpaired) electrons. The number of hydrogen-bond acceptors (Lipinski definition) is 5. The summed E-state index contributed by atoms with van der Waals surface area (Å²) in [5.74, 6) is -0.957. The number of anilines is 1. The van der Waals surface area contributed by atoms with Crippen LogP contribution in [0.4, 0.5) is 5.13 Å². The first-order valence-corrected chi connectivity index (χ1v) is 7.22. The average Bonchev–Trinajstić information content (AvgIpc) is 2.94. The number of likely N-dealkylation sites (N-methyl/N-ethyl adjacent to an activating group) is 1. The number of carboxylic acid groups (broad SMARTS) is 1. The van der Waals surface area contributed by atoms with Crippen molar-refractivity contribution < 1.29 is 9.90 Å². The number of hydrogen-bond donors (Lipinski definition) is 1. The van der Waals surface area contributed by atoms with E-state index in [1.165, 1.54) is 16.2 Å². The molecule has 2 heterocycles. The minimum atomic E-state index is -0.957. The minimum Gasteiger partial charge on any atom is -0.476 e. The van der Waals surface area contributed by atoms with Crippen molar-refractivity contribution in [3.8, 4) is 0 Å². The Bertz CT molecular complexity index is 534. The van der Waals surface area contributed by atoms with E-state index in [1.807, 2.05) is 18.0 Å². The molecule has 2 rings (SSSR count). The summed E-state index contributed by atoms with van der Waals surface area (Å²) in [7, 11) is 1.94. The standard InChI is InChI=1S/C12H14N2O2S2/c1-8-10(11(15)16)13-12(18-8)14(2)6-5-9-4-3-7-17-9/h3-4,7H,5-6H2,1-2H3,(H,15,16). The molecule has 0 aliphatic heterocycles. The molecule has 0 aromatic carbocycles. The smallest absolute Gasteiger partial charge is 0.355 e. The topological polar surface area (TPSA) is 53.4 Å². The predicted molar refractivity (Wildman–Crippen MR) is 75.1 cm³/mol. The zero-order chi connectivity index (χ0) is 13.1. The Morgan fingerprint density at radius 1 is 1.56 bits per heavy atom. The molecule has 18 heavy (non-hydrogen) atoms. The first kappa shape index (κ1) is 13.0. The van der Waals surface area contributed by atoms with Gasteiger partial charge in [0, 0.05) is 23.3 Å². The van der Waals surface area contributed by atoms with Gasteiger partial charge in [-0.2, -0.15) is 0 Å². The molecule has 0 aliphatic rings. The largest absolute Gasteiger partial charge is 0.476 e. The molecular weight excluding hydrogens is 268 g/mol. The number of rotatable bonds is 5. The van der Waals surface area contributed by atoms with Gasteiger partial charge in [-0.05, 0) is 24.8 Å². The molecule has 0 amide bonds. The zero-order valence-corrected chi connectivity index (χ0v) is 11.8. The molecule has 0 bridgehead atoms. The molecule has 4 nitrogen and oxygen atoms in total. The van der Waals surface area contributed by atoms with Crippen LogP contribution in [-0.2, 0) is 6.42 Å². The number of aromatic carboxylic acids is 1. The molecule has 0 atom stereocenters. The van der Waals surface area contributed by atoms with Crippen molar-refractivity contribution in [3.05, 3.63) is 33.0 Å². The SMILES string of the molecule is Cc1sc(N(C)CCc2cccs2)nc1C(=O)O. The van der Waals surface area contributed by atoms with E-state index in [9.17, 15) is 4.79 Å². The second kappa shape index (κ2) is 5.49. The number of carboxylic acids is 1. The third-order valence-corrected chi connectivity index (χ3v) is 4.61. The zero-order valence-electron chi connectivity index (χ0n) is 10.2. The first-order chi connectivity index (χ1) is 8.58. The van der Waals surface area contributed by atoms with Crippen LogP contribution in [-0.4, -0.2) is 29.7 Å². The fourth-order valence-corrected chi connectivity index (χ4v) is 3.16. The molecular formula is C12H14N2O2S2. The number of thiazole rings is 1. The highest BCUT2D eigenvalue weighted by atomic mass is 32.1. The van der Waals surface area contributed by atoms with Crippen LogP contribution < -0.4 is 4.90 Å². The van der Waals surface area contributed by atoms with Gasteiger partial charge in [-0.3, -0.25) is 0 Å². The predicted octanol–water partition coefficient (Wildman–Crippen LogP) is 2.89. The fraction of sp³-hybridized carbons (Fsp3) is 0.333. The number of nitrogens with zero attached hydrogens (tertiary/aromatic N) is 2. The van der Waals surface area contributed by atoms with Gasteiger partial charge in [-0.15, -0.1) is 22.7 Å². The molecule has 96 valence electrons. The van der Waals surface area contributed by atoms with Gasteiger partial charge in [-0.1, -0.05) is 6.07 Å². The summed E-state index contributed by atoms with van der Waals surface area (Å²) in [6.45, 7) is 2.63. The van der Waals surface area contributed by atoms with Gasteiger partial charge in [0.05, 0.1) is 0 Å². The normalized spacial score (nSPS) is 10.6. The van der Waals surface area contributed by atoms with E-state index < -0.39 is 5.97 Å². The van der Waals surface area contributed by atoms with Crippen molar-refractivity contribution in [1.82, 2.24) is 4.98 Å². The molecule has 6 heteroatoms. The first-order valence-electron chi connectivity index (χ1n) is 5.52. The molecule has 0 fully saturated rings. The van der Waals surface area contributed by atoms with E-state index in [-0.39, 0.29) is 5.69 Å². The summed E-state index contributed by atoms with van der Waals surface area (Å²) < 4.78 is 0. The van der Waals surface area contributed by atoms with E-state index in [4.69, 9.17) is 5.11 Å². The summed E-state index contributed by atoms with van der Waals surface area (Å²) >= 11 is 3.16. The van der Waals surface area contributed by atoms with E-state index in [1.54, 1.807) is 18.3 Å². The maximum atomic E-state index is 10.9. The van der Waals surface area contributed by atoms with Gasteiger partial charge in [0.2, 0.25) is 0 Å². The van der Waals surface area contributed by atoms with E-state index in [0.717, 1.165) is 23.0 Å². The lowest BCUT2D eigenvalue weighted by Crippen LogP contribution is -2.19. The van der Waals surface area contributed by atoms with Crippen molar-refractivity contribution in [2.75, 3.05) is 18.5 Å². The summed E-state index contributed by atoms with van der Waals surface area (Å²) in [5.41, 5.74) is 0.165. The molecule has 0 spiro atoms. The Hall–Kier alpha value is -1.40. The van der Waals surface area contributed by atoms with Crippen LogP contribution in [0, 0.1) is 6.92 Å². The van der Waals surface area contributed by atoms with Gasteiger partial charge < -0.3 is 10.0 Å². The third-order valence-electron chi connectivity index (χ3n) is 2.59. The summed E-state index contributed by atoms with van der Waals surface area (Å²) in [4.78, 5) is 19.2. The monoisotopic (exact) mass is 282 g/mol. The van der Waals surface area contributed by atoms with Gasteiger partial charge in [-0.25, -0.2) is 9.78 Å².